The molecule has 4 aliphatic rings. The van der Waals surface area contributed by atoms with Crippen LogP contribution in [0.25, 0.3) is 22.1 Å². The van der Waals surface area contributed by atoms with E-state index in [2.05, 4.69) is 36.1 Å². The van der Waals surface area contributed by atoms with E-state index in [4.69, 9.17) is 24.2 Å². The zero-order valence-electron chi connectivity index (χ0n) is 50.1. The lowest BCUT2D eigenvalue weighted by Crippen LogP contribution is -2.55. The number of fused-ring (bicyclic) bond motifs is 2. The van der Waals surface area contributed by atoms with Gasteiger partial charge in [-0.15, -0.1) is 0 Å². The number of likely N-dealkylation sites (N-methyl/N-ethyl adjacent to an activating group) is 1. The number of halogens is 4. The van der Waals surface area contributed by atoms with Crippen LogP contribution in [0.15, 0.2) is 36.4 Å². The van der Waals surface area contributed by atoms with Gasteiger partial charge in [0.25, 0.3) is 0 Å². The highest BCUT2D eigenvalue weighted by Crippen LogP contribution is 2.50. The first kappa shape index (κ1) is 60.9. The molecule has 9 rings (SSSR count). The molecule has 0 aliphatic carbocycles. The van der Waals surface area contributed by atoms with Crippen LogP contribution in [0, 0.1) is 34.6 Å². The number of anilines is 2. The average Bonchev–Trinajstić information content (AvgIpc) is 3.69. The molecule has 0 radical (unpaired) electrons. The molecule has 0 saturated carbocycles. The molecule has 83 heavy (non-hydrogen) atoms. The number of nitrogens with zero attached hydrogens (tertiary/aromatic N) is 7. The van der Waals surface area contributed by atoms with Crippen LogP contribution in [0.1, 0.15) is 174 Å². The number of carbonyl (C=O) groups is 4. The highest BCUT2D eigenvalue weighted by Gasteiger charge is 2.45. The van der Waals surface area contributed by atoms with Crippen LogP contribution >= 0.6 is 0 Å². The molecule has 452 valence electrons. The minimum Gasteiger partial charge on any atom is -0.465 e. The summed E-state index contributed by atoms with van der Waals surface area (Å²) >= 11 is 0. The number of aromatic nitrogens is 4. The molecular formula is C61H82F4N10O8. The molecule has 3 aromatic carbocycles. The number of hydrogen-bond donors (Lipinski definition) is 4. The summed E-state index contributed by atoms with van der Waals surface area (Å²) in [5, 5.41) is 12.7. The Morgan fingerprint density at radius 2 is 1.12 bits per heavy atom. The highest BCUT2D eigenvalue weighted by molar-refractivity contribution is 5.88. The van der Waals surface area contributed by atoms with Gasteiger partial charge in [0.05, 0.1) is 76.8 Å². The van der Waals surface area contributed by atoms with Crippen LogP contribution < -0.4 is 15.1 Å². The van der Waals surface area contributed by atoms with Crippen LogP contribution in [0.3, 0.4) is 0 Å². The lowest BCUT2D eigenvalue weighted by molar-refractivity contribution is -0.147. The molecular weight excluding hydrogens is 1080 g/mol. The molecule has 8 atom stereocenters. The van der Waals surface area contributed by atoms with E-state index < -0.39 is 107 Å². The fourth-order valence-corrected chi connectivity index (χ4v) is 13.3. The van der Waals surface area contributed by atoms with E-state index in [1.54, 1.807) is 45.6 Å². The van der Waals surface area contributed by atoms with E-state index >= 15 is 17.6 Å². The number of benzene rings is 3. The summed E-state index contributed by atoms with van der Waals surface area (Å²) in [6.45, 7) is 22.5. The van der Waals surface area contributed by atoms with Gasteiger partial charge in [0.2, 0.25) is 11.8 Å². The van der Waals surface area contributed by atoms with Gasteiger partial charge < -0.3 is 54.2 Å². The van der Waals surface area contributed by atoms with Crippen molar-refractivity contribution in [1.82, 2.24) is 40.0 Å². The second-order valence-corrected chi connectivity index (χ2v) is 26.1. The van der Waals surface area contributed by atoms with Crippen molar-refractivity contribution in [1.29, 1.82) is 0 Å². The van der Waals surface area contributed by atoms with Crippen LogP contribution in [0.5, 0.6) is 0 Å². The smallest absolute Gasteiger partial charge is 0.407 e. The number of ether oxygens (including phenoxy) is 3. The Bertz CT molecular complexity index is 3210. The quantitative estimate of drug-likeness (QED) is 0.0768. The first-order chi connectivity index (χ1) is 38.9. The Hall–Kier alpha value is -6.68. The van der Waals surface area contributed by atoms with Gasteiger partial charge in [0, 0.05) is 62.2 Å². The first-order valence-corrected chi connectivity index (χ1v) is 29.1. The minimum atomic E-state index is -1.30. The summed E-state index contributed by atoms with van der Waals surface area (Å²) in [6.07, 6.45) is 0.548. The fraction of sp³-hybridized carbons (Fsp3) is 0.607. The predicted molar refractivity (Wildman–Crippen MR) is 307 cm³/mol. The molecule has 0 spiro atoms. The van der Waals surface area contributed by atoms with Crippen molar-refractivity contribution < 1.29 is 56.1 Å². The monoisotopic (exact) mass is 1160 g/mol. The number of imidazole rings is 2. The molecule has 22 heteroatoms. The maximum absolute atomic E-state index is 17.1. The van der Waals surface area contributed by atoms with Crippen LogP contribution in [0.4, 0.5) is 38.5 Å². The van der Waals surface area contributed by atoms with Crippen LogP contribution in [-0.2, 0) is 23.8 Å². The summed E-state index contributed by atoms with van der Waals surface area (Å²) in [4.78, 5) is 77.6. The Morgan fingerprint density at radius 1 is 0.651 bits per heavy atom. The number of carboxylic acid groups (broad SMARTS) is 1. The summed E-state index contributed by atoms with van der Waals surface area (Å²) < 4.78 is 85.1. The fourth-order valence-electron chi connectivity index (χ4n) is 13.3. The topological polar surface area (TPSA) is 202 Å². The molecule has 18 nitrogen and oxygen atoms in total. The normalized spacial score (nSPS) is 21.7. The van der Waals surface area contributed by atoms with E-state index in [1.807, 2.05) is 41.5 Å². The Balaban J connectivity index is 1.07. The predicted octanol–water partition coefficient (Wildman–Crippen LogP) is 11.8. The molecule has 4 aliphatic heterocycles. The maximum atomic E-state index is 17.1. The van der Waals surface area contributed by atoms with Crippen molar-refractivity contribution in [2.45, 2.75) is 187 Å². The number of likely N-dealkylation sites (tertiary alicyclic amines) is 2. The number of H-pyrrole nitrogens is 2. The summed E-state index contributed by atoms with van der Waals surface area (Å²) in [7, 11) is 2.54. The van der Waals surface area contributed by atoms with Crippen LogP contribution in [-0.4, -0.2) is 140 Å². The number of piperidine rings is 1. The summed E-state index contributed by atoms with van der Waals surface area (Å²) in [5.41, 5.74) is 0.382. The van der Waals surface area contributed by atoms with E-state index in [9.17, 15) is 24.3 Å². The van der Waals surface area contributed by atoms with Gasteiger partial charge in [0.15, 0.2) is 11.6 Å². The number of alkyl carbamates (subject to hydrolysis) is 1. The van der Waals surface area contributed by atoms with Gasteiger partial charge in [-0.05, 0) is 142 Å². The second kappa shape index (κ2) is 23.4. The van der Waals surface area contributed by atoms with E-state index in [1.165, 1.54) is 38.4 Å². The van der Waals surface area contributed by atoms with Gasteiger partial charge in [-0.3, -0.25) is 14.5 Å². The maximum Gasteiger partial charge on any atom is 0.407 e. The largest absolute Gasteiger partial charge is 0.465 e. The molecule has 0 unspecified atom stereocenters. The van der Waals surface area contributed by atoms with Gasteiger partial charge in [-0.25, -0.2) is 37.1 Å². The number of nitrogens with one attached hydrogen (secondary N) is 3. The number of aromatic amines is 2. The SMILES string of the molecule is COC(=O)N[C@H](C(=O)N1CCC[C@H]1c1nc2cc(F)c([C@H]3CC[C@H](c4cc5[nH]c([C@@H]6CCCN6C(=O)[C@H]([C@@H](C)OC(C)(C)C)N(C)C(=O)O)nc5cc4F)N3c3cc(F)c(N4CCC(C(C)(C)C)CC4)c(F)c3)cc2[nH]1)[C@@H](C)OC(C)(C)C. The third-order valence-corrected chi connectivity index (χ3v) is 17.1. The van der Waals surface area contributed by atoms with Crippen molar-refractivity contribution in [3.8, 4) is 0 Å². The Labute approximate surface area is 482 Å². The molecule has 4 saturated heterocycles. The van der Waals surface area contributed by atoms with Gasteiger partial charge >= 0.3 is 12.2 Å². The molecule has 4 amide bonds. The second-order valence-electron chi connectivity index (χ2n) is 26.1. The zero-order valence-corrected chi connectivity index (χ0v) is 50.1. The highest BCUT2D eigenvalue weighted by atomic mass is 19.1. The van der Waals surface area contributed by atoms with Crippen molar-refractivity contribution in [3.05, 3.63) is 82.4 Å². The Morgan fingerprint density at radius 3 is 1.57 bits per heavy atom. The number of amides is 4. The van der Waals surface area contributed by atoms with Crippen LogP contribution in [0.2, 0.25) is 0 Å². The molecule has 2 aromatic heterocycles. The zero-order chi connectivity index (χ0) is 60.4. The number of hydrogen-bond acceptors (Lipinski definition) is 11. The lowest BCUT2D eigenvalue weighted by atomic mass is 9.75. The standard InChI is InChI=1S/C61H82F4N10O8/c1-32(82-60(6,7)8)50(70-57(78)81-13)55(76)73-22-14-16-48(73)53-66-42-28-36(38(62)30-44(42)68-53)46-18-19-47(75(46)35-26-40(64)52(41(65)27-35)72-24-20-34(21-25-72)59(3,4)5)37-29-43-45(31-39(37)63)69-54(67-43)49-17-15-23-74(49)56(77)51(71(12)58(79)80)33(2)83-61(9,10)11/h26-34,46-51H,14-25H2,1-13H3,(H,66,68)(H,67,69)(H,70,78)(H,79,80)/t32-,33-,46-,47-,48+,49+,50+,51+/m1/s1. The third kappa shape index (κ3) is 12.7. The van der Waals surface area contributed by atoms with Crippen molar-refractivity contribution in [2.24, 2.45) is 11.3 Å². The lowest BCUT2D eigenvalue weighted by Gasteiger charge is -2.40. The molecule has 4 fully saturated rings. The molecule has 6 heterocycles. The van der Waals surface area contributed by atoms with Crippen molar-refractivity contribution in [3.63, 3.8) is 0 Å². The van der Waals surface area contributed by atoms with E-state index in [0.29, 0.717) is 80.5 Å². The van der Waals surface area contributed by atoms with Gasteiger partial charge in [-0.2, -0.15) is 0 Å². The number of rotatable bonds is 14. The van der Waals surface area contributed by atoms with E-state index in [-0.39, 0.29) is 51.8 Å². The molecule has 5 aromatic rings. The Kier molecular flexibility index (Phi) is 17.2. The number of methoxy groups -OCH3 is 1. The minimum absolute atomic E-state index is 0.0316. The third-order valence-electron chi connectivity index (χ3n) is 17.1. The average molecular weight is 1160 g/mol. The van der Waals surface area contributed by atoms with Gasteiger partial charge in [0.1, 0.15) is 41.1 Å². The summed E-state index contributed by atoms with van der Waals surface area (Å²) in [6, 6.07) is 3.07. The first-order valence-electron chi connectivity index (χ1n) is 29.1. The van der Waals surface area contributed by atoms with Gasteiger partial charge in [-0.1, -0.05) is 20.8 Å². The van der Waals surface area contributed by atoms with E-state index in [0.717, 1.165) is 17.7 Å². The van der Waals surface area contributed by atoms with Crippen molar-refractivity contribution in [2.75, 3.05) is 50.1 Å². The molecule has 0 bridgehead atoms. The summed E-state index contributed by atoms with van der Waals surface area (Å²) in [5.74, 6) is -2.64. The van der Waals surface area contributed by atoms with Crippen molar-refractivity contribution >= 4 is 57.4 Å². The number of carbonyl (C=O) groups excluding carboxylic acids is 3. The molecule has 4 N–H and O–H groups in total.